The second kappa shape index (κ2) is 8.53. The first-order valence-electron chi connectivity index (χ1n) is 8.39. The summed E-state index contributed by atoms with van der Waals surface area (Å²) in [6.07, 6.45) is 1.50. The largest absolute Gasteiger partial charge is 0.467 e. The molecule has 2 amide bonds. The van der Waals surface area contributed by atoms with Gasteiger partial charge in [0.25, 0.3) is 5.91 Å². The molecule has 144 valence electrons. The van der Waals surface area contributed by atoms with Gasteiger partial charge in [-0.2, -0.15) is 5.10 Å². The molecule has 28 heavy (non-hydrogen) atoms. The number of para-hydroxylation sites is 1. The molecule has 1 aromatic carbocycles. The third-order valence-electron chi connectivity index (χ3n) is 3.85. The van der Waals surface area contributed by atoms with Crippen LogP contribution in [-0.4, -0.2) is 28.1 Å². The average Bonchev–Trinajstić information content (AvgIpc) is 3.19. The molecule has 0 bridgehead atoms. The van der Waals surface area contributed by atoms with Crippen molar-refractivity contribution in [2.75, 3.05) is 6.54 Å². The molecule has 2 aromatic heterocycles. The zero-order chi connectivity index (χ0) is 20.1. The minimum absolute atomic E-state index is 0.198. The van der Waals surface area contributed by atoms with Crippen molar-refractivity contribution in [3.05, 3.63) is 81.1 Å². The van der Waals surface area contributed by atoms with Crippen molar-refractivity contribution in [1.29, 1.82) is 0 Å². The number of hydrogen-bond acceptors (Lipinski definition) is 5. The van der Waals surface area contributed by atoms with Gasteiger partial charge >= 0.3 is 0 Å². The molecule has 0 saturated heterocycles. The smallest absolute Gasteiger partial charge is 0.276 e. The molecule has 0 aliphatic heterocycles. The fourth-order valence-electron chi connectivity index (χ4n) is 2.48. The molecule has 0 unspecified atom stereocenters. The second-order valence-electron chi connectivity index (χ2n) is 5.90. The molecule has 0 aliphatic carbocycles. The van der Waals surface area contributed by atoms with Crippen LogP contribution in [0.5, 0.6) is 0 Å². The van der Waals surface area contributed by atoms with Gasteiger partial charge in [-0.25, -0.2) is 4.68 Å². The Morgan fingerprint density at radius 2 is 1.96 bits per heavy atom. The summed E-state index contributed by atoms with van der Waals surface area (Å²) in [6, 6.07) is 11.6. The molecule has 0 spiro atoms. The molecular formula is C19H17ClN4O4. The molecule has 3 aromatic rings. The highest BCUT2D eigenvalue weighted by Crippen LogP contribution is 2.19. The molecule has 0 fully saturated rings. The van der Waals surface area contributed by atoms with E-state index in [1.54, 1.807) is 43.3 Å². The summed E-state index contributed by atoms with van der Waals surface area (Å²) in [5.41, 5.74) is 0.177. The fourth-order valence-corrected chi connectivity index (χ4v) is 2.69. The maximum atomic E-state index is 12.4. The van der Waals surface area contributed by atoms with Crippen molar-refractivity contribution in [1.82, 2.24) is 20.4 Å². The van der Waals surface area contributed by atoms with Crippen LogP contribution in [0.4, 0.5) is 0 Å². The Hall–Kier alpha value is -3.39. The molecule has 0 aliphatic rings. The summed E-state index contributed by atoms with van der Waals surface area (Å²) in [6.45, 7) is 1.58. The molecule has 0 atom stereocenters. The molecule has 2 N–H and O–H groups in total. The van der Waals surface area contributed by atoms with Crippen LogP contribution < -0.4 is 16.1 Å². The molecular weight excluding hydrogens is 384 g/mol. The Kier molecular flexibility index (Phi) is 5.90. The Morgan fingerprint density at radius 3 is 2.68 bits per heavy atom. The van der Waals surface area contributed by atoms with Gasteiger partial charge in [0, 0.05) is 11.8 Å². The van der Waals surface area contributed by atoms with Crippen molar-refractivity contribution in [3.63, 3.8) is 0 Å². The van der Waals surface area contributed by atoms with E-state index >= 15 is 0 Å². The van der Waals surface area contributed by atoms with Crippen molar-refractivity contribution in [2.24, 2.45) is 0 Å². The van der Waals surface area contributed by atoms with Crippen molar-refractivity contribution in [2.45, 2.75) is 13.5 Å². The van der Waals surface area contributed by atoms with Crippen molar-refractivity contribution < 1.29 is 14.0 Å². The number of hydrogen-bond donors (Lipinski definition) is 2. The van der Waals surface area contributed by atoms with Crippen LogP contribution >= 0.6 is 11.6 Å². The SMILES string of the molecule is Cc1cc(=O)c(C(=O)NCC(=O)NCc2ccco2)nn1-c1ccccc1Cl. The van der Waals surface area contributed by atoms with Crippen LogP contribution in [0, 0.1) is 6.92 Å². The Morgan fingerprint density at radius 1 is 1.18 bits per heavy atom. The molecule has 2 heterocycles. The number of nitrogens with one attached hydrogen (secondary N) is 2. The number of aryl methyl sites for hydroxylation is 1. The van der Waals surface area contributed by atoms with Gasteiger partial charge in [-0.05, 0) is 31.2 Å². The normalized spacial score (nSPS) is 10.5. The van der Waals surface area contributed by atoms with Gasteiger partial charge in [0.2, 0.25) is 11.3 Å². The Balaban J connectivity index is 1.71. The summed E-state index contributed by atoms with van der Waals surface area (Å²) >= 11 is 6.18. The zero-order valence-corrected chi connectivity index (χ0v) is 15.7. The molecule has 0 radical (unpaired) electrons. The lowest BCUT2D eigenvalue weighted by atomic mass is 10.2. The summed E-state index contributed by atoms with van der Waals surface area (Å²) in [7, 11) is 0. The monoisotopic (exact) mass is 400 g/mol. The van der Waals surface area contributed by atoms with Crippen LogP contribution in [0.1, 0.15) is 21.9 Å². The number of amides is 2. The van der Waals surface area contributed by atoms with Crippen LogP contribution in [0.2, 0.25) is 5.02 Å². The number of halogens is 1. The number of carbonyl (C=O) groups is 2. The standard InChI is InChI=1S/C19H17ClN4O4/c1-12-9-16(25)18(23-24(12)15-7-3-2-6-14(15)20)19(27)22-11-17(26)21-10-13-5-4-8-28-13/h2-9H,10-11H2,1H3,(H,21,26)(H,22,27). The van der Waals surface area contributed by atoms with Crippen LogP contribution in [-0.2, 0) is 11.3 Å². The molecule has 8 nitrogen and oxygen atoms in total. The van der Waals surface area contributed by atoms with Gasteiger partial charge in [0.1, 0.15) is 5.76 Å². The predicted molar refractivity (Wildman–Crippen MR) is 102 cm³/mol. The number of furan rings is 1. The van der Waals surface area contributed by atoms with Gasteiger partial charge in [-0.1, -0.05) is 23.7 Å². The van der Waals surface area contributed by atoms with Gasteiger partial charge in [-0.3, -0.25) is 14.4 Å². The van der Waals surface area contributed by atoms with E-state index in [1.807, 2.05) is 0 Å². The van der Waals surface area contributed by atoms with Gasteiger partial charge < -0.3 is 15.1 Å². The topological polar surface area (TPSA) is 106 Å². The van der Waals surface area contributed by atoms with E-state index in [2.05, 4.69) is 15.7 Å². The van der Waals surface area contributed by atoms with E-state index in [4.69, 9.17) is 16.0 Å². The second-order valence-corrected chi connectivity index (χ2v) is 6.31. The summed E-state index contributed by atoms with van der Waals surface area (Å²) in [4.78, 5) is 36.4. The van der Waals surface area contributed by atoms with E-state index in [0.717, 1.165) is 0 Å². The van der Waals surface area contributed by atoms with E-state index in [-0.39, 0.29) is 18.8 Å². The number of rotatable bonds is 6. The van der Waals surface area contributed by atoms with E-state index in [0.29, 0.717) is 22.2 Å². The highest BCUT2D eigenvalue weighted by Gasteiger charge is 2.17. The summed E-state index contributed by atoms with van der Waals surface area (Å²) < 4.78 is 6.52. The maximum Gasteiger partial charge on any atom is 0.276 e. The Bertz CT molecular complexity index is 1060. The first-order valence-corrected chi connectivity index (χ1v) is 8.76. The highest BCUT2D eigenvalue weighted by molar-refractivity contribution is 6.32. The van der Waals surface area contributed by atoms with Crippen LogP contribution in [0.25, 0.3) is 5.69 Å². The van der Waals surface area contributed by atoms with Crippen molar-refractivity contribution >= 4 is 23.4 Å². The van der Waals surface area contributed by atoms with E-state index in [9.17, 15) is 14.4 Å². The first kappa shape index (κ1) is 19.4. The lowest BCUT2D eigenvalue weighted by Gasteiger charge is -2.12. The fraction of sp³-hybridized carbons (Fsp3) is 0.158. The highest BCUT2D eigenvalue weighted by atomic mass is 35.5. The van der Waals surface area contributed by atoms with Gasteiger partial charge in [0.05, 0.1) is 30.1 Å². The lowest BCUT2D eigenvalue weighted by Crippen LogP contribution is -2.39. The number of carbonyl (C=O) groups excluding carboxylic acids is 2. The zero-order valence-electron chi connectivity index (χ0n) is 14.9. The minimum Gasteiger partial charge on any atom is -0.467 e. The van der Waals surface area contributed by atoms with Gasteiger partial charge in [-0.15, -0.1) is 0 Å². The summed E-state index contributed by atoms with van der Waals surface area (Å²) in [5, 5.41) is 9.53. The van der Waals surface area contributed by atoms with E-state index < -0.39 is 17.2 Å². The average molecular weight is 401 g/mol. The lowest BCUT2D eigenvalue weighted by molar-refractivity contribution is -0.120. The third-order valence-corrected chi connectivity index (χ3v) is 4.17. The molecule has 3 rings (SSSR count). The van der Waals surface area contributed by atoms with E-state index in [1.165, 1.54) is 17.0 Å². The number of aromatic nitrogens is 2. The van der Waals surface area contributed by atoms with Crippen LogP contribution in [0.3, 0.4) is 0 Å². The van der Waals surface area contributed by atoms with Crippen LogP contribution in [0.15, 0.2) is 57.9 Å². The quantitative estimate of drug-likeness (QED) is 0.656. The minimum atomic E-state index is -0.751. The number of benzene rings is 1. The summed E-state index contributed by atoms with van der Waals surface area (Å²) in [5.74, 6) is -0.593. The maximum absolute atomic E-state index is 12.4. The van der Waals surface area contributed by atoms with Gasteiger partial charge in [0.15, 0.2) is 5.69 Å². The molecule has 0 saturated carbocycles. The third kappa shape index (κ3) is 4.47. The Labute approximate surface area is 165 Å². The molecule has 9 heteroatoms. The number of nitrogens with zero attached hydrogens (tertiary/aromatic N) is 2. The predicted octanol–water partition coefficient (Wildman–Crippen LogP) is 1.83. The first-order chi connectivity index (χ1) is 13.5. The van der Waals surface area contributed by atoms with Crippen molar-refractivity contribution in [3.8, 4) is 5.69 Å².